The number of amides is 1. The lowest BCUT2D eigenvalue weighted by Crippen LogP contribution is -2.49. The summed E-state index contributed by atoms with van der Waals surface area (Å²) >= 11 is 0. The highest BCUT2D eigenvalue weighted by molar-refractivity contribution is 5.94. The smallest absolute Gasteiger partial charge is 0.255 e. The van der Waals surface area contributed by atoms with Gasteiger partial charge in [0.15, 0.2) is 0 Å². The summed E-state index contributed by atoms with van der Waals surface area (Å²) < 4.78 is 1.82. The summed E-state index contributed by atoms with van der Waals surface area (Å²) in [4.78, 5) is 39.9. The zero-order chi connectivity index (χ0) is 21.5. The minimum absolute atomic E-state index is 0.0506. The van der Waals surface area contributed by atoms with Crippen molar-refractivity contribution in [2.75, 3.05) is 18.8 Å². The van der Waals surface area contributed by atoms with Crippen LogP contribution in [-0.2, 0) is 6.54 Å². The summed E-state index contributed by atoms with van der Waals surface area (Å²) in [6, 6.07) is 10.3. The molecule has 154 valence electrons. The number of rotatable bonds is 2. The Kier molecular flexibility index (Phi) is 4.47. The van der Waals surface area contributed by atoms with Crippen molar-refractivity contribution in [3.63, 3.8) is 0 Å². The first-order valence-electron chi connectivity index (χ1n) is 10.00. The Morgan fingerprint density at radius 1 is 1.13 bits per heavy atom. The zero-order valence-corrected chi connectivity index (χ0v) is 16.6. The molecule has 0 aromatic carbocycles. The molecule has 5 heterocycles. The maximum atomic E-state index is 13.0. The molecule has 1 saturated heterocycles. The van der Waals surface area contributed by atoms with Crippen molar-refractivity contribution >= 4 is 11.7 Å². The van der Waals surface area contributed by atoms with E-state index in [4.69, 9.17) is 11.0 Å². The van der Waals surface area contributed by atoms with Crippen molar-refractivity contribution in [2.24, 2.45) is 5.92 Å². The van der Waals surface area contributed by atoms with Crippen LogP contribution in [0, 0.1) is 17.2 Å². The van der Waals surface area contributed by atoms with E-state index in [9.17, 15) is 9.59 Å². The van der Waals surface area contributed by atoms with E-state index in [1.165, 1.54) is 12.5 Å². The molecule has 3 aromatic heterocycles. The fourth-order valence-electron chi connectivity index (χ4n) is 4.57. The van der Waals surface area contributed by atoms with Crippen molar-refractivity contribution in [2.45, 2.75) is 18.9 Å². The summed E-state index contributed by atoms with van der Waals surface area (Å²) in [7, 11) is 0. The third kappa shape index (κ3) is 3.42. The number of anilines is 1. The van der Waals surface area contributed by atoms with Crippen LogP contribution in [0.5, 0.6) is 0 Å². The average molecular weight is 413 g/mol. The van der Waals surface area contributed by atoms with E-state index in [1.807, 2.05) is 21.6 Å². The summed E-state index contributed by atoms with van der Waals surface area (Å²) in [6.45, 7) is 1.68. The first-order chi connectivity index (χ1) is 15.0. The number of fused-ring (bicyclic) bond motifs is 4. The third-order valence-corrected chi connectivity index (χ3v) is 5.95. The van der Waals surface area contributed by atoms with E-state index in [0.29, 0.717) is 42.3 Å². The topological polar surface area (TPSA) is 131 Å². The van der Waals surface area contributed by atoms with Gasteiger partial charge in [-0.1, -0.05) is 0 Å². The van der Waals surface area contributed by atoms with Gasteiger partial charge >= 0.3 is 0 Å². The number of nitriles is 1. The van der Waals surface area contributed by atoms with Crippen LogP contribution >= 0.6 is 0 Å². The second-order valence-corrected chi connectivity index (χ2v) is 8.00. The Morgan fingerprint density at radius 2 is 2.00 bits per heavy atom. The fourth-order valence-corrected chi connectivity index (χ4v) is 4.57. The summed E-state index contributed by atoms with van der Waals surface area (Å²) in [5, 5.41) is 8.91. The van der Waals surface area contributed by atoms with Gasteiger partial charge < -0.3 is 15.2 Å². The number of likely N-dealkylation sites (tertiary alicyclic amines) is 1. The van der Waals surface area contributed by atoms with Crippen molar-refractivity contribution < 1.29 is 4.79 Å². The van der Waals surface area contributed by atoms with Crippen molar-refractivity contribution in [1.82, 2.24) is 24.4 Å². The number of aromatic nitrogens is 4. The molecule has 31 heavy (non-hydrogen) atoms. The molecule has 0 spiro atoms. The maximum absolute atomic E-state index is 13.0. The van der Waals surface area contributed by atoms with E-state index in [0.717, 1.165) is 12.1 Å². The number of piperidine rings is 1. The molecule has 5 rings (SSSR count). The largest absolute Gasteiger partial charge is 0.384 e. The van der Waals surface area contributed by atoms with Crippen LogP contribution in [0.1, 0.15) is 34.1 Å². The van der Waals surface area contributed by atoms with Gasteiger partial charge in [0.2, 0.25) is 0 Å². The molecule has 0 aliphatic carbocycles. The molecule has 2 aliphatic heterocycles. The Bertz CT molecular complexity index is 1280. The van der Waals surface area contributed by atoms with Gasteiger partial charge in [-0.25, -0.2) is 15.0 Å². The monoisotopic (exact) mass is 413 g/mol. The molecular weight excluding hydrogens is 394 g/mol. The second kappa shape index (κ2) is 7.32. The van der Waals surface area contributed by atoms with E-state index >= 15 is 0 Å². The van der Waals surface area contributed by atoms with Gasteiger partial charge in [0, 0.05) is 55.1 Å². The number of hydrogen-bond acceptors (Lipinski definition) is 7. The number of nitrogens with two attached hydrogens (primary N) is 1. The van der Waals surface area contributed by atoms with Gasteiger partial charge in [-0.15, -0.1) is 0 Å². The molecule has 2 atom stereocenters. The molecule has 2 N–H and O–H groups in total. The standard InChI is InChI=1S/C22H19N7O2/c23-7-17-2-1-14(8-25-17)22(31)28-9-13-3-16(11-28)19-4-15(5-21(30)29(19)10-13)18-6-20(24)27-12-26-18/h1-2,4-6,8,12-13,16H,3,9-11H2,(H2,24,26,27)/t13-,16+/m0/s1. The van der Waals surface area contributed by atoms with Crippen LogP contribution in [0.4, 0.5) is 5.82 Å². The Labute approximate surface area is 177 Å². The van der Waals surface area contributed by atoms with Crippen LogP contribution in [0.25, 0.3) is 11.3 Å². The molecule has 9 nitrogen and oxygen atoms in total. The highest BCUT2D eigenvalue weighted by atomic mass is 16.2. The number of hydrogen-bond donors (Lipinski definition) is 1. The average Bonchev–Trinajstić information content (AvgIpc) is 2.79. The molecule has 0 saturated carbocycles. The third-order valence-electron chi connectivity index (χ3n) is 5.95. The molecule has 2 bridgehead atoms. The predicted molar refractivity (Wildman–Crippen MR) is 112 cm³/mol. The van der Waals surface area contributed by atoms with E-state index in [-0.39, 0.29) is 29.0 Å². The Morgan fingerprint density at radius 3 is 2.74 bits per heavy atom. The summed E-state index contributed by atoms with van der Waals surface area (Å²) in [5.74, 6) is 0.491. The van der Waals surface area contributed by atoms with E-state index < -0.39 is 0 Å². The minimum Gasteiger partial charge on any atom is -0.384 e. The van der Waals surface area contributed by atoms with Gasteiger partial charge in [0.1, 0.15) is 23.9 Å². The zero-order valence-electron chi connectivity index (χ0n) is 16.6. The van der Waals surface area contributed by atoms with Gasteiger partial charge in [0.05, 0.1) is 11.3 Å². The lowest BCUT2D eigenvalue weighted by atomic mass is 9.82. The maximum Gasteiger partial charge on any atom is 0.255 e. The normalized spacial score (nSPS) is 19.4. The molecule has 9 heteroatoms. The molecular formula is C22H19N7O2. The van der Waals surface area contributed by atoms with Crippen LogP contribution in [0.3, 0.4) is 0 Å². The van der Waals surface area contributed by atoms with Crippen molar-refractivity contribution in [3.05, 3.63) is 70.2 Å². The lowest BCUT2D eigenvalue weighted by molar-refractivity contribution is 0.0594. The molecule has 1 fully saturated rings. The van der Waals surface area contributed by atoms with Crippen molar-refractivity contribution in [1.29, 1.82) is 5.26 Å². The van der Waals surface area contributed by atoms with Crippen LogP contribution in [0.2, 0.25) is 0 Å². The highest BCUT2D eigenvalue weighted by Gasteiger charge is 2.37. The SMILES string of the molecule is N#Cc1ccc(C(=O)N2C[C@@H]3C[C@H](C2)c2cc(-c4cc(N)ncn4)cc(=O)n2C3)cn1. The number of carbonyl (C=O) groups is 1. The highest BCUT2D eigenvalue weighted by Crippen LogP contribution is 2.36. The van der Waals surface area contributed by atoms with Crippen molar-refractivity contribution in [3.8, 4) is 17.3 Å². The van der Waals surface area contributed by atoms with Crippen LogP contribution in [-0.4, -0.2) is 43.4 Å². The number of nitrogen functional groups attached to an aromatic ring is 1. The minimum atomic E-state index is -0.109. The summed E-state index contributed by atoms with van der Waals surface area (Å²) in [6.07, 6.45) is 3.75. The number of nitrogens with zero attached hydrogens (tertiary/aromatic N) is 6. The first-order valence-corrected chi connectivity index (χ1v) is 10.00. The molecule has 3 aromatic rings. The summed E-state index contributed by atoms with van der Waals surface area (Å²) in [5.41, 5.74) is 8.64. The lowest BCUT2D eigenvalue weighted by Gasteiger charge is -2.43. The quantitative estimate of drug-likeness (QED) is 0.672. The molecule has 0 radical (unpaired) electrons. The molecule has 0 unspecified atom stereocenters. The van der Waals surface area contributed by atoms with Gasteiger partial charge in [-0.3, -0.25) is 9.59 Å². The van der Waals surface area contributed by atoms with Gasteiger partial charge in [-0.2, -0.15) is 5.26 Å². The van der Waals surface area contributed by atoms with E-state index in [1.54, 1.807) is 24.3 Å². The van der Waals surface area contributed by atoms with Crippen LogP contribution < -0.4 is 11.3 Å². The molecule has 1 amide bonds. The fraction of sp³-hybridized carbons (Fsp3) is 0.273. The predicted octanol–water partition coefficient (Wildman–Crippen LogP) is 1.41. The molecule has 2 aliphatic rings. The van der Waals surface area contributed by atoms with E-state index in [2.05, 4.69) is 15.0 Å². The number of pyridine rings is 2. The second-order valence-electron chi connectivity index (χ2n) is 8.00. The number of carbonyl (C=O) groups excluding carboxylic acids is 1. The first kappa shape index (κ1) is 18.9. The van der Waals surface area contributed by atoms with Crippen LogP contribution in [0.15, 0.2) is 47.7 Å². The Hall–Kier alpha value is -4.06. The van der Waals surface area contributed by atoms with Gasteiger partial charge in [0.25, 0.3) is 11.5 Å². The van der Waals surface area contributed by atoms with Gasteiger partial charge in [-0.05, 0) is 30.5 Å². The Balaban J connectivity index is 1.47.